The maximum atomic E-state index is 5.03. The highest BCUT2D eigenvalue weighted by atomic mass is 32.2. The standard InChI is InChI=1S/C18H23NOS/c1-15-12-17(13-19-10-11-20-2)8-9-18(15)21-14-16-6-4-3-5-7-16/h3-9,12,19H,10-11,13-14H2,1-2H3. The van der Waals surface area contributed by atoms with Crippen molar-refractivity contribution in [2.45, 2.75) is 24.1 Å². The maximum absolute atomic E-state index is 5.03. The molecule has 0 heterocycles. The smallest absolute Gasteiger partial charge is 0.0587 e. The molecular formula is C18H23NOS. The first-order chi connectivity index (χ1) is 10.3. The van der Waals surface area contributed by atoms with E-state index in [0.29, 0.717) is 0 Å². The van der Waals surface area contributed by atoms with Gasteiger partial charge < -0.3 is 10.1 Å². The third kappa shape index (κ3) is 5.54. The molecule has 0 unspecified atom stereocenters. The van der Waals surface area contributed by atoms with Gasteiger partial charge in [0.25, 0.3) is 0 Å². The number of thioether (sulfide) groups is 1. The van der Waals surface area contributed by atoms with Crippen molar-refractivity contribution in [3.05, 3.63) is 65.2 Å². The zero-order valence-corrected chi connectivity index (χ0v) is 13.6. The summed E-state index contributed by atoms with van der Waals surface area (Å²) in [5.74, 6) is 1.02. The van der Waals surface area contributed by atoms with Crippen LogP contribution in [0.25, 0.3) is 0 Å². The zero-order valence-electron chi connectivity index (χ0n) is 12.8. The van der Waals surface area contributed by atoms with E-state index >= 15 is 0 Å². The lowest BCUT2D eigenvalue weighted by molar-refractivity contribution is 0.199. The molecule has 1 N–H and O–H groups in total. The Balaban J connectivity index is 1.87. The molecule has 0 atom stereocenters. The van der Waals surface area contributed by atoms with Gasteiger partial charge in [-0.15, -0.1) is 11.8 Å². The molecule has 0 bridgehead atoms. The zero-order chi connectivity index (χ0) is 14.9. The van der Waals surface area contributed by atoms with Crippen molar-refractivity contribution in [2.75, 3.05) is 20.3 Å². The summed E-state index contributed by atoms with van der Waals surface area (Å²) in [6.07, 6.45) is 0. The Bertz CT molecular complexity index is 542. The summed E-state index contributed by atoms with van der Waals surface area (Å²) >= 11 is 1.90. The second-order valence-corrected chi connectivity index (χ2v) is 6.06. The minimum absolute atomic E-state index is 0.754. The van der Waals surface area contributed by atoms with E-state index < -0.39 is 0 Å². The van der Waals surface area contributed by atoms with E-state index in [1.54, 1.807) is 7.11 Å². The van der Waals surface area contributed by atoms with E-state index in [1.807, 2.05) is 11.8 Å². The Labute approximate surface area is 131 Å². The van der Waals surface area contributed by atoms with Crippen LogP contribution < -0.4 is 5.32 Å². The number of hydrogen-bond donors (Lipinski definition) is 1. The molecule has 0 amide bonds. The summed E-state index contributed by atoms with van der Waals surface area (Å²) in [6.45, 7) is 4.73. The molecule has 0 aliphatic rings. The molecule has 21 heavy (non-hydrogen) atoms. The van der Waals surface area contributed by atoms with Gasteiger partial charge in [0.2, 0.25) is 0 Å². The van der Waals surface area contributed by atoms with Crippen LogP contribution in [0.5, 0.6) is 0 Å². The quantitative estimate of drug-likeness (QED) is 0.588. The summed E-state index contributed by atoms with van der Waals surface area (Å²) in [6, 6.07) is 17.3. The normalized spacial score (nSPS) is 10.8. The fraction of sp³-hybridized carbons (Fsp3) is 0.333. The van der Waals surface area contributed by atoms with E-state index in [0.717, 1.165) is 25.4 Å². The molecule has 0 fully saturated rings. The van der Waals surface area contributed by atoms with Crippen LogP contribution in [0.1, 0.15) is 16.7 Å². The first-order valence-corrected chi connectivity index (χ1v) is 8.24. The molecule has 112 valence electrons. The number of nitrogens with one attached hydrogen (secondary N) is 1. The lowest BCUT2D eigenvalue weighted by Gasteiger charge is -2.09. The minimum atomic E-state index is 0.754. The van der Waals surface area contributed by atoms with E-state index in [1.165, 1.54) is 21.6 Å². The van der Waals surface area contributed by atoms with Crippen molar-refractivity contribution >= 4 is 11.8 Å². The number of rotatable bonds is 8. The van der Waals surface area contributed by atoms with Gasteiger partial charge in [0.05, 0.1) is 6.61 Å². The Morgan fingerprint density at radius 2 is 1.86 bits per heavy atom. The number of benzene rings is 2. The second kappa shape index (κ2) is 8.88. The fourth-order valence-corrected chi connectivity index (χ4v) is 3.09. The van der Waals surface area contributed by atoms with Crippen LogP contribution in [-0.2, 0) is 17.0 Å². The van der Waals surface area contributed by atoms with Gasteiger partial charge in [-0.2, -0.15) is 0 Å². The average Bonchev–Trinajstić information content (AvgIpc) is 2.52. The first kappa shape index (κ1) is 16.1. The van der Waals surface area contributed by atoms with Gasteiger partial charge in [0, 0.05) is 30.8 Å². The Hall–Kier alpha value is -1.29. The van der Waals surface area contributed by atoms with Crippen molar-refractivity contribution in [3.63, 3.8) is 0 Å². The maximum Gasteiger partial charge on any atom is 0.0587 e. The monoisotopic (exact) mass is 301 g/mol. The molecule has 2 nitrogen and oxygen atoms in total. The lowest BCUT2D eigenvalue weighted by atomic mass is 10.1. The molecule has 0 aromatic heterocycles. The third-order valence-corrected chi connectivity index (χ3v) is 4.54. The Morgan fingerprint density at radius 1 is 1.05 bits per heavy atom. The number of ether oxygens (including phenoxy) is 1. The van der Waals surface area contributed by atoms with Crippen molar-refractivity contribution in [1.29, 1.82) is 0 Å². The van der Waals surface area contributed by atoms with E-state index in [4.69, 9.17) is 4.74 Å². The van der Waals surface area contributed by atoms with E-state index in [9.17, 15) is 0 Å². The van der Waals surface area contributed by atoms with Crippen LogP contribution >= 0.6 is 11.8 Å². The van der Waals surface area contributed by atoms with Gasteiger partial charge in [-0.25, -0.2) is 0 Å². The highest BCUT2D eigenvalue weighted by molar-refractivity contribution is 7.98. The van der Waals surface area contributed by atoms with Crippen LogP contribution in [0.4, 0.5) is 0 Å². The lowest BCUT2D eigenvalue weighted by Crippen LogP contribution is -2.18. The van der Waals surface area contributed by atoms with Crippen molar-refractivity contribution in [3.8, 4) is 0 Å². The topological polar surface area (TPSA) is 21.3 Å². The van der Waals surface area contributed by atoms with Gasteiger partial charge >= 0.3 is 0 Å². The number of hydrogen-bond acceptors (Lipinski definition) is 3. The fourth-order valence-electron chi connectivity index (χ4n) is 2.13. The van der Waals surface area contributed by atoms with E-state index in [2.05, 4.69) is 60.8 Å². The van der Waals surface area contributed by atoms with Crippen molar-refractivity contribution in [2.24, 2.45) is 0 Å². The molecule has 3 heteroatoms. The van der Waals surface area contributed by atoms with Crippen LogP contribution in [-0.4, -0.2) is 20.3 Å². The third-order valence-electron chi connectivity index (χ3n) is 3.29. The van der Waals surface area contributed by atoms with Gasteiger partial charge in [0.1, 0.15) is 0 Å². The predicted molar refractivity (Wildman–Crippen MR) is 90.8 cm³/mol. The van der Waals surface area contributed by atoms with Gasteiger partial charge in [0.15, 0.2) is 0 Å². The predicted octanol–water partition coefficient (Wildman–Crippen LogP) is 4.02. The minimum Gasteiger partial charge on any atom is -0.383 e. The molecule has 2 rings (SSSR count). The van der Waals surface area contributed by atoms with Crippen molar-refractivity contribution < 1.29 is 4.74 Å². The summed E-state index contributed by atoms with van der Waals surface area (Å²) in [5.41, 5.74) is 4.04. The summed E-state index contributed by atoms with van der Waals surface area (Å²) in [4.78, 5) is 1.36. The van der Waals surface area contributed by atoms with E-state index in [-0.39, 0.29) is 0 Å². The molecule has 2 aromatic carbocycles. The summed E-state index contributed by atoms with van der Waals surface area (Å²) in [7, 11) is 1.73. The summed E-state index contributed by atoms with van der Waals surface area (Å²) < 4.78 is 5.03. The number of methoxy groups -OCH3 is 1. The molecule has 0 saturated heterocycles. The SMILES string of the molecule is COCCNCc1ccc(SCc2ccccc2)c(C)c1. The van der Waals surface area contributed by atoms with Crippen LogP contribution in [0, 0.1) is 6.92 Å². The van der Waals surface area contributed by atoms with Crippen LogP contribution in [0.15, 0.2) is 53.4 Å². The molecule has 0 radical (unpaired) electrons. The first-order valence-electron chi connectivity index (χ1n) is 7.25. The van der Waals surface area contributed by atoms with Crippen LogP contribution in [0.3, 0.4) is 0 Å². The Morgan fingerprint density at radius 3 is 2.57 bits per heavy atom. The largest absolute Gasteiger partial charge is 0.383 e. The Kier molecular flexibility index (Phi) is 6.80. The molecule has 0 aliphatic heterocycles. The second-order valence-electron chi connectivity index (χ2n) is 5.04. The molecule has 0 aliphatic carbocycles. The molecule has 0 saturated carbocycles. The van der Waals surface area contributed by atoms with Gasteiger partial charge in [-0.1, -0.05) is 42.5 Å². The molecule has 0 spiro atoms. The molecular weight excluding hydrogens is 278 g/mol. The van der Waals surface area contributed by atoms with Crippen LogP contribution in [0.2, 0.25) is 0 Å². The number of aryl methyl sites for hydroxylation is 1. The highest BCUT2D eigenvalue weighted by Crippen LogP contribution is 2.26. The summed E-state index contributed by atoms with van der Waals surface area (Å²) in [5, 5.41) is 3.38. The van der Waals surface area contributed by atoms with Crippen molar-refractivity contribution in [1.82, 2.24) is 5.32 Å². The molecule has 2 aromatic rings. The van der Waals surface area contributed by atoms with Gasteiger partial charge in [-0.3, -0.25) is 0 Å². The van der Waals surface area contributed by atoms with Gasteiger partial charge in [-0.05, 0) is 29.7 Å². The average molecular weight is 301 g/mol. The highest BCUT2D eigenvalue weighted by Gasteiger charge is 2.02.